The molecule has 0 aromatic heterocycles. The highest BCUT2D eigenvalue weighted by atomic mass is 16.6. The molecule has 172 valence electrons. The number of nitrogens with one attached hydrogen (secondary N) is 1. The average molecular weight is 439 g/mol. The lowest BCUT2D eigenvalue weighted by Crippen LogP contribution is -2.49. The summed E-state index contributed by atoms with van der Waals surface area (Å²) >= 11 is 0. The van der Waals surface area contributed by atoms with Crippen LogP contribution in [0.3, 0.4) is 0 Å². The molecule has 2 unspecified atom stereocenters. The van der Waals surface area contributed by atoms with Crippen LogP contribution in [0.2, 0.25) is 0 Å². The Balaban J connectivity index is 1.71. The summed E-state index contributed by atoms with van der Waals surface area (Å²) in [5.74, 6) is 1.29. The SMILES string of the molecule is CCC(C)NC(=O)C(C)N(Cc1ccc(C)cc1)C(=O)CCc1ccc2c(c1)OCCO2. The quantitative estimate of drug-likeness (QED) is 0.642. The van der Waals surface area contributed by atoms with Gasteiger partial charge in [-0.2, -0.15) is 0 Å². The van der Waals surface area contributed by atoms with Crippen LogP contribution >= 0.6 is 0 Å². The van der Waals surface area contributed by atoms with Gasteiger partial charge in [-0.05, 0) is 56.9 Å². The van der Waals surface area contributed by atoms with Gasteiger partial charge in [0.15, 0.2) is 11.5 Å². The van der Waals surface area contributed by atoms with E-state index < -0.39 is 6.04 Å². The van der Waals surface area contributed by atoms with Crippen molar-refractivity contribution in [1.82, 2.24) is 10.2 Å². The second kappa shape index (κ2) is 11.0. The minimum atomic E-state index is -0.557. The predicted molar refractivity (Wildman–Crippen MR) is 125 cm³/mol. The topological polar surface area (TPSA) is 67.9 Å². The molecule has 0 saturated carbocycles. The Morgan fingerprint density at radius 2 is 1.66 bits per heavy atom. The number of fused-ring (bicyclic) bond motifs is 1. The molecule has 2 atom stereocenters. The molecule has 1 aliphatic rings. The minimum absolute atomic E-state index is 0.0488. The first-order valence-electron chi connectivity index (χ1n) is 11.4. The van der Waals surface area contributed by atoms with Crippen LogP contribution < -0.4 is 14.8 Å². The van der Waals surface area contributed by atoms with Crippen LogP contribution in [0.5, 0.6) is 11.5 Å². The van der Waals surface area contributed by atoms with Gasteiger partial charge in [-0.1, -0.05) is 42.8 Å². The zero-order valence-electron chi connectivity index (χ0n) is 19.5. The predicted octanol–water partition coefficient (Wildman–Crippen LogP) is 4.03. The zero-order valence-corrected chi connectivity index (χ0v) is 19.5. The van der Waals surface area contributed by atoms with Crippen LogP contribution in [0.1, 0.15) is 50.3 Å². The Bertz CT molecular complexity index is 926. The molecule has 1 heterocycles. The molecule has 6 nitrogen and oxygen atoms in total. The largest absolute Gasteiger partial charge is 0.486 e. The Morgan fingerprint density at radius 1 is 1.00 bits per heavy atom. The van der Waals surface area contributed by atoms with Crippen LogP contribution in [0.25, 0.3) is 0 Å². The molecule has 32 heavy (non-hydrogen) atoms. The molecule has 1 aliphatic heterocycles. The number of aryl methyl sites for hydroxylation is 2. The van der Waals surface area contributed by atoms with E-state index in [0.717, 1.165) is 34.6 Å². The smallest absolute Gasteiger partial charge is 0.242 e. The summed E-state index contributed by atoms with van der Waals surface area (Å²) in [5, 5.41) is 3.00. The first-order chi connectivity index (χ1) is 15.4. The number of hydrogen-bond acceptors (Lipinski definition) is 4. The van der Waals surface area contributed by atoms with Crippen LogP contribution in [0.15, 0.2) is 42.5 Å². The van der Waals surface area contributed by atoms with Crippen molar-refractivity contribution < 1.29 is 19.1 Å². The first kappa shape index (κ1) is 23.6. The van der Waals surface area contributed by atoms with Crippen molar-refractivity contribution in [2.24, 2.45) is 0 Å². The van der Waals surface area contributed by atoms with Gasteiger partial charge in [0.1, 0.15) is 19.3 Å². The number of ether oxygens (including phenoxy) is 2. The number of carbonyl (C=O) groups is 2. The average Bonchev–Trinajstić information content (AvgIpc) is 2.81. The summed E-state index contributed by atoms with van der Waals surface area (Å²) in [6.45, 7) is 9.31. The van der Waals surface area contributed by atoms with Gasteiger partial charge in [0.05, 0.1) is 0 Å². The Hall–Kier alpha value is -3.02. The van der Waals surface area contributed by atoms with Gasteiger partial charge in [-0.15, -0.1) is 0 Å². The highest BCUT2D eigenvalue weighted by molar-refractivity contribution is 5.87. The molecule has 0 bridgehead atoms. The molecule has 2 amide bonds. The summed E-state index contributed by atoms with van der Waals surface area (Å²) in [4.78, 5) is 27.8. The first-order valence-corrected chi connectivity index (χ1v) is 11.4. The molecule has 0 saturated heterocycles. The van der Waals surface area contributed by atoms with Gasteiger partial charge in [-0.3, -0.25) is 9.59 Å². The van der Waals surface area contributed by atoms with Crippen LogP contribution in [0, 0.1) is 6.92 Å². The maximum Gasteiger partial charge on any atom is 0.242 e. The van der Waals surface area contributed by atoms with Crippen molar-refractivity contribution >= 4 is 11.8 Å². The van der Waals surface area contributed by atoms with E-state index in [4.69, 9.17) is 9.47 Å². The van der Waals surface area contributed by atoms with Crippen molar-refractivity contribution in [2.75, 3.05) is 13.2 Å². The molecule has 0 fully saturated rings. The fourth-order valence-corrected chi connectivity index (χ4v) is 3.58. The van der Waals surface area contributed by atoms with E-state index in [2.05, 4.69) is 5.32 Å². The fraction of sp³-hybridized carbons (Fsp3) is 0.462. The maximum atomic E-state index is 13.3. The van der Waals surface area contributed by atoms with E-state index in [-0.39, 0.29) is 17.9 Å². The van der Waals surface area contributed by atoms with Gasteiger partial charge in [-0.25, -0.2) is 0 Å². The van der Waals surface area contributed by atoms with E-state index in [1.54, 1.807) is 11.8 Å². The highest BCUT2D eigenvalue weighted by Crippen LogP contribution is 2.31. The third-order valence-electron chi connectivity index (χ3n) is 5.88. The molecular weight excluding hydrogens is 404 g/mol. The standard InChI is InChI=1S/C26H34N2O4/c1-5-19(3)27-26(30)20(4)28(17-22-8-6-18(2)7-9-22)25(29)13-11-21-10-12-23-24(16-21)32-15-14-31-23/h6-10,12,16,19-20H,5,11,13-15,17H2,1-4H3,(H,27,30). The van der Waals surface area contributed by atoms with Crippen molar-refractivity contribution in [3.05, 3.63) is 59.2 Å². The summed E-state index contributed by atoms with van der Waals surface area (Å²) in [7, 11) is 0. The summed E-state index contributed by atoms with van der Waals surface area (Å²) in [6.07, 6.45) is 1.72. The molecule has 0 spiro atoms. The van der Waals surface area contributed by atoms with E-state index in [0.29, 0.717) is 32.6 Å². The Labute approximate surface area is 190 Å². The monoisotopic (exact) mass is 438 g/mol. The molecule has 1 N–H and O–H groups in total. The van der Waals surface area contributed by atoms with Crippen LogP contribution in [0.4, 0.5) is 0 Å². The molecule has 6 heteroatoms. The summed E-state index contributed by atoms with van der Waals surface area (Å²) in [6, 6.07) is 13.4. The number of amides is 2. The Kier molecular flexibility index (Phi) is 8.14. The van der Waals surface area contributed by atoms with Crippen molar-refractivity contribution in [3.8, 4) is 11.5 Å². The Morgan fingerprint density at radius 3 is 2.34 bits per heavy atom. The van der Waals surface area contributed by atoms with Gasteiger partial charge in [0, 0.05) is 19.0 Å². The van der Waals surface area contributed by atoms with Gasteiger partial charge in [0.25, 0.3) is 0 Å². The van der Waals surface area contributed by atoms with E-state index >= 15 is 0 Å². The van der Waals surface area contributed by atoms with Crippen LogP contribution in [-0.2, 0) is 22.6 Å². The highest BCUT2D eigenvalue weighted by Gasteiger charge is 2.26. The zero-order chi connectivity index (χ0) is 23.1. The minimum Gasteiger partial charge on any atom is -0.486 e. The second-order valence-electron chi connectivity index (χ2n) is 8.48. The number of benzene rings is 2. The molecule has 3 rings (SSSR count). The van der Waals surface area contributed by atoms with Crippen molar-refractivity contribution in [1.29, 1.82) is 0 Å². The van der Waals surface area contributed by atoms with Crippen LogP contribution in [-0.4, -0.2) is 42.0 Å². The lowest BCUT2D eigenvalue weighted by molar-refractivity contribution is -0.140. The molecule has 0 radical (unpaired) electrons. The van der Waals surface area contributed by atoms with E-state index in [9.17, 15) is 9.59 Å². The normalized spacial score (nSPS) is 14.4. The third kappa shape index (κ3) is 6.25. The van der Waals surface area contributed by atoms with Crippen molar-refractivity contribution in [2.45, 2.75) is 65.6 Å². The van der Waals surface area contributed by atoms with Gasteiger partial charge >= 0.3 is 0 Å². The third-order valence-corrected chi connectivity index (χ3v) is 5.88. The van der Waals surface area contributed by atoms with Crippen molar-refractivity contribution in [3.63, 3.8) is 0 Å². The molecular formula is C26H34N2O4. The lowest BCUT2D eigenvalue weighted by atomic mass is 10.1. The van der Waals surface area contributed by atoms with E-state index in [1.165, 1.54) is 0 Å². The number of hydrogen-bond donors (Lipinski definition) is 1. The summed E-state index contributed by atoms with van der Waals surface area (Å²) in [5.41, 5.74) is 3.17. The second-order valence-corrected chi connectivity index (χ2v) is 8.48. The number of rotatable bonds is 9. The number of carbonyl (C=O) groups excluding carboxylic acids is 2. The summed E-state index contributed by atoms with van der Waals surface area (Å²) < 4.78 is 11.2. The fourth-order valence-electron chi connectivity index (χ4n) is 3.58. The van der Waals surface area contributed by atoms with Gasteiger partial charge < -0.3 is 19.7 Å². The number of nitrogens with zero attached hydrogens (tertiary/aromatic N) is 1. The molecule has 2 aromatic carbocycles. The van der Waals surface area contributed by atoms with E-state index in [1.807, 2.05) is 63.2 Å². The maximum absolute atomic E-state index is 13.3. The lowest BCUT2D eigenvalue weighted by Gasteiger charge is -2.30. The molecule has 0 aliphatic carbocycles. The van der Waals surface area contributed by atoms with Gasteiger partial charge in [0.2, 0.25) is 11.8 Å². The molecule has 2 aromatic rings.